The van der Waals surface area contributed by atoms with Gasteiger partial charge in [0, 0.05) is 29.4 Å². The van der Waals surface area contributed by atoms with E-state index in [0.29, 0.717) is 17.8 Å². The van der Waals surface area contributed by atoms with Gasteiger partial charge in [-0.15, -0.1) is 6.58 Å². The predicted molar refractivity (Wildman–Crippen MR) is 121 cm³/mol. The number of hydrogen-bond donors (Lipinski definition) is 0. The van der Waals surface area contributed by atoms with E-state index in [2.05, 4.69) is 97.8 Å². The summed E-state index contributed by atoms with van der Waals surface area (Å²) >= 11 is 0. The lowest BCUT2D eigenvalue weighted by Gasteiger charge is -2.45. The molecule has 0 aliphatic carbocycles. The van der Waals surface area contributed by atoms with E-state index in [1.807, 2.05) is 12.3 Å². The highest BCUT2D eigenvalue weighted by Crippen LogP contribution is 2.56. The van der Waals surface area contributed by atoms with Gasteiger partial charge in [-0.25, -0.2) is 4.98 Å². The highest BCUT2D eigenvalue weighted by atomic mass is 15.5. The monoisotopic (exact) mass is 381 g/mol. The van der Waals surface area contributed by atoms with Crippen molar-refractivity contribution in [2.75, 3.05) is 9.80 Å². The molecule has 3 heterocycles. The number of fused-ring (bicyclic) bond motifs is 5. The van der Waals surface area contributed by atoms with E-state index in [1.54, 1.807) is 0 Å². The van der Waals surface area contributed by atoms with Crippen molar-refractivity contribution in [3.05, 3.63) is 90.6 Å². The van der Waals surface area contributed by atoms with E-state index in [0.717, 1.165) is 5.82 Å². The molecule has 0 amide bonds. The van der Waals surface area contributed by atoms with Crippen LogP contribution in [0.15, 0.2) is 79.5 Å². The molecule has 3 heteroatoms. The van der Waals surface area contributed by atoms with Gasteiger partial charge in [-0.3, -0.25) is 0 Å². The van der Waals surface area contributed by atoms with Crippen molar-refractivity contribution >= 4 is 22.9 Å². The molecule has 29 heavy (non-hydrogen) atoms. The normalized spacial score (nSPS) is 22.3. The van der Waals surface area contributed by atoms with Crippen LogP contribution < -0.4 is 9.80 Å². The van der Waals surface area contributed by atoms with Crippen LogP contribution in [0.25, 0.3) is 0 Å². The summed E-state index contributed by atoms with van der Waals surface area (Å²) in [4.78, 5) is 9.80. The Morgan fingerprint density at radius 2 is 1.59 bits per heavy atom. The van der Waals surface area contributed by atoms with Crippen molar-refractivity contribution in [3.63, 3.8) is 0 Å². The molecule has 3 aromatic rings. The van der Waals surface area contributed by atoms with Gasteiger partial charge >= 0.3 is 0 Å². The first-order chi connectivity index (χ1) is 14.1. The average molecular weight is 382 g/mol. The quantitative estimate of drug-likeness (QED) is 0.468. The second-order valence-electron chi connectivity index (χ2n) is 8.39. The van der Waals surface area contributed by atoms with Gasteiger partial charge in [0.1, 0.15) is 6.17 Å². The third kappa shape index (κ3) is 2.53. The van der Waals surface area contributed by atoms with Gasteiger partial charge in [0.25, 0.3) is 0 Å². The second-order valence-corrected chi connectivity index (χ2v) is 8.39. The lowest BCUT2D eigenvalue weighted by molar-refractivity contribution is 0.409. The van der Waals surface area contributed by atoms with Crippen LogP contribution in [-0.4, -0.2) is 11.1 Å². The van der Waals surface area contributed by atoms with E-state index >= 15 is 0 Å². The van der Waals surface area contributed by atoms with Crippen LogP contribution in [0.1, 0.15) is 43.7 Å². The lowest BCUT2D eigenvalue weighted by atomic mass is 9.80. The van der Waals surface area contributed by atoms with Crippen LogP contribution in [0.5, 0.6) is 0 Å². The molecule has 1 aromatic heterocycles. The van der Waals surface area contributed by atoms with Gasteiger partial charge in [0.05, 0.1) is 5.69 Å². The fourth-order valence-electron chi connectivity index (χ4n) is 5.14. The maximum absolute atomic E-state index is 4.86. The molecule has 2 aliphatic rings. The Hall–Kier alpha value is -3.07. The van der Waals surface area contributed by atoms with Crippen LogP contribution in [0.4, 0.5) is 22.9 Å². The SMILES string of the molecule is C=CC1c2ccccc2N2c3cccnc3N(c3ccccc3C(C)C)C2C1C. The van der Waals surface area contributed by atoms with Crippen LogP contribution in [0.3, 0.4) is 0 Å². The van der Waals surface area contributed by atoms with E-state index < -0.39 is 0 Å². The Morgan fingerprint density at radius 1 is 0.897 bits per heavy atom. The standard InChI is InChI=1S/C26H27N3/c1-5-19-18(4)26-28(23-14-9-7-12-21(19)23)24-15-10-16-27-25(24)29(26)22-13-8-6-11-20(22)17(2)3/h5-19,26H,1H2,2-4H3. The summed E-state index contributed by atoms with van der Waals surface area (Å²) in [5.74, 6) is 2.14. The molecule has 0 radical (unpaired) electrons. The van der Waals surface area contributed by atoms with E-state index in [1.165, 1.54) is 28.2 Å². The molecular weight excluding hydrogens is 354 g/mol. The number of rotatable bonds is 3. The summed E-state index contributed by atoms with van der Waals surface area (Å²) in [5.41, 5.74) is 6.40. The molecule has 146 valence electrons. The fraction of sp³-hybridized carbons (Fsp3) is 0.269. The van der Waals surface area contributed by atoms with Crippen LogP contribution >= 0.6 is 0 Å². The van der Waals surface area contributed by atoms with Gasteiger partial charge in [-0.05, 0) is 41.3 Å². The highest BCUT2D eigenvalue weighted by molar-refractivity contribution is 5.88. The number of allylic oxidation sites excluding steroid dienone is 1. The van der Waals surface area contributed by atoms with Crippen molar-refractivity contribution in [2.45, 2.75) is 38.8 Å². The number of nitrogens with zero attached hydrogens (tertiary/aromatic N) is 3. The first-order valence-electron chi connectivity index (χ1n) is 10.5. The number of aromatic nitrogens is 1. The van der Waals surface area contributed by atoms with Crippen molar-refractivity contribution in [1.82, 2.24) is 4.98 Å². The summed E-state index contributed by atoms with van der Waals surface area (Å²) in [6.45, 7) is 11.1. The zero-order chi connectivity index (χ0) is 20.1. The minimum absolute atomic E-state index is 0.165. The third-order valence-corrected chi connectivity index (χ3v) is 6.45. The molecule has 0 saturated heterocycles. The number of para-hydroxylation sites is 2. The summed E-state index contributed by atoms with van der Waals surface area (Å²) in [5, 5.41) is 0. The highest BCUT2D eigenvalue weighted by Gasteiger charge is 2.48. The molecule has 3 atom stereocenters. The van der Waals surface area contributed by atoms with Gasteiger partial charge in [-0.2, -0.15) is 0 Å². The number of pyridine rings is 1. The molecule has 3 nitrogen and oxygen atoms in total. The van der Waals surface area contributed by atoms with Crippen molar-refractivity contribution in [3.8, 4) is 0 Å². The minimum atomic E-state index is 0.165. The molecule has 5 rings (SSSR count). The summed E-state index contributed by atoms with van der Waals surface area (Å²) in [6.07, 6.45) is 4.19. The first-order valence-corrected chi connectivity index (χ1v) is 10.5. The van der Waals surface area contributed by atoms with E-state index in [-0.39, 0.29) is 6.17 Å². The molecule has 2 aromatic carbocycles. The summed E-state index contributed by atoms with van der Waals surface area (Å²) < 4.78 is 0. The molecule has 0 bridgehead atoms. The minimum Gasteiger partial charge on any atom is -0.316 e. The maximum Gasteiger partial charge on any atom is 0.158 e. The molecule has 0 fully saturated rings. The van der Waals surface area contributed by atoms with Crippen molar-refractivity contribution in [2.24, 2.45) is 5.92 Å². The van der Waals surface area contributed by atoms with Crippen LogP contribution in [0, 0.1) is 5.92 Å². The molecule has 0 N–H and O–H groups in total. The van der Waals surface area contributed by atoms with E-state index in [9.17, 15) is 0 Å². The molecule has 3 unspecified atom stereocenters. The van der Waals surface area contributed by atoms with Crippen molar-refractivity contribution in [1.29, 1.82) is 0 Å². The number of anilines is 4. The number of benzene rings is 2. The first kappa shape index (κ1) is 18.0. The van der Waals surface area contributed by atoms with Gasteiger partial charge in [0.15, 0.2) is 5.82 Å². The Labute approximate surface area is 173 Å². The zero-order valence-corrected chi connectivity index (χ0v) is 17.3. The topological polar surface area (TPSA) is 19.4 Å². The zero-order valence-electron chi connectivity index (χ0n) is 17.3. The van der Waals surface area contributed by atoms with E-state index in [4.69, 9.17) is 4.98 Å². The molecule has 0 saturated carbocycles. The molecular formula is C26H27N3. The lowest BCUT2D eigenvalue weighted by Crippen LogP contribution is -2.48. The molecule has 2 aliphatic heterocycles. The maximum atomic E-state index is 4.86. The number of hydrogen-bond acceptors (Lipinski definition) is 3. The van der Waals surface area contributed by atoms with Gasteiger partial charge in [0.2, 0.25) is 0 Å². The fourth-order valence-corrected chi connectivity index (χ4v) is 5.14. The van der Waals surface area contributed by atoms with Crippen molar-refractivity contribution < 1.29 is 0 Å². The smallest absolute Gasteiger partial charge is 0.158 e. The Morgan fingerprint density at radius 3 is 2.34 bits per heavy atom. The second kappa shape index (κ2) is 6.77. The van der Waals surface area contributed by atoms with Crippen LogP contribution in [0.2, 0.25) is 0 Å². The Kier molecular flexibility index (Phi) is 4.20. The predicted octanol–water partition coefficient (Wildman–Crippen LogP) is 6.74. The third-order valence-electron chi connectivity index (χ3n) is 6.45. The Balaban J connectivity index is 1.78. The van der Waals surface area contributed by atoms with Gasteiger partial charge < -0.3 is 9.80 Å². The summed E-state index contributed by atoms with van der Waals surface area (Å²) in [6, 6.07) is 21.8. The van der Waals surface area contributed by atoms with Crippen LogP contribution in [-0.2, 0) is 0 Å². The average Bonchev–Trinajstić information content (AvgIpc) is 3.10. The van der Waals surface area contributed by atoms with Gasteiger partial charge in [-0.1, -0.05) is 63.2 Å². The largest absolute Gasteiger partial charge is 0.316 e. The Bertz CT molecular complexity index is 1070. The molecule has 0 spiro atoms. The summed E-state index contributed by atoms with van der Waals surface area (Å²) in [7, 11) is 0.